The Bertz CT molecular complexity index is 1290. The maximum absolute atomic E-state index is 13.1. The first-order valence-electron chi connectivity index (χ1n) is 11.8. The van der Waals surface area contributed by atoms with Crippen LogP contribution in [0.5, 0.6) is 0 Å². The highest BCUT2D eigenvalue weighted by Gasteiger charge is 2.27. The van der Waals surface area contributed by atoms with Gasteiger partial charge in [0.2, 0.25) is 0 Å². The Hall–Kier alpha value is -3.26. The first kappa shape index (κ1) is 24.9. The predicted octanol–water partition coefficient (Wildman–Crippen LogP) is 4.92. The second-order valence-corrected chi connectivity index (χ2v) is 10.5. The number of amides is 1. The number of anilines is 2. The zero-order valence-electron chi connectivity index (χ0n) is 20.8. The van der Waals surface area contributed by atoms with Crippen molar-refractivity contribution >= 4 is 40.1 Å². The number of aromatic nitrogens is 2. The zero-order chi connectivity index (χ0) is 25.3. The van der Waals surface area contributed by atoms with Gasteiger partial charge in [-0.3, -0.25) is 4.57 Å². The molecular weight excluding hydrogens is 466 g/mol. The first-order valence-corrected chi connectivity index (χ1v) is 12.1. The number of carbonyl (C=O) groups excluding carboxylic acids is 1. The molecule has 8 nitrogen and oxygen atoms in total. The molecule has 9 heteroatoms. The summed E-state index contributed by atoms with van der Waals surface area (Å²) in [5.74, 6) is 0.601. The molecule has 0 saturated carbocycles. The molecule has 186 valence electrons. The van der Waals surface area contributed by atoms with E-state index in [2.05, 4.69) is 10.3 Å². The number of likely N-dealkylation sites (tertiary alicyclic amines) is 1. The fourth-order valence-corrected chi connectivity index (χ4v) is 4.44. The molecule has 1 N–H and O–H groups in total. The largest absolute Gasteiger partial charge is 0.444 e. The summed E-state index contributed by atoms with van der Waals surface area (Å²) in [6, 6.07) is 13.4. The third-order valence-corrected chi connectivity index (χ3v) is 6.11. The summed E-state index contributed by atoms with van der Waals surface area (Å²) >= 11 is 6.29. The van der Waals surface area contributed by atoms with Crippen LogP contribution in [0.15, 0.2) is 47.3 Å². The number of piperidine rings is 1. The van der Waals surface area contributed by atoms with Gasteiger partial charge < -0.3 is 19.9 Å². The van der Waals surface area contributed by atoms with E-state index in [1.54, 1.807) is 21.6 Å². The lowest BCUT2D eigenvalue weighted by atomic mass is 10.0. The molecule has 0 radical (unpaired) electrons. The number of fused-ring (bicyclic) bond motifs is 1. The zero-order valence-corrected chi connectivity index (χ0v) is 21.6. The average Bonchev–Trinajstić information content (AvgIpc) is 2.78. The van der Waals surface area contributed by atoms with E-state index in [-0.39, 0.29) is 17.8 Å². The molecule has 2 aromatic carbocycles. The summed E-state index contributed by atoms with van der Waals surface area (Å²) in [5, 5.41) is 4.95. The fraction of sp³-hybridized carbons (Fsp3) is 0.423. The molecule has 1 amide bonds. The molecule has 1 aromatic heterocycles. The molecule has 2 heterocycles. The normalized spacial score (nSPS) is 14.7. The lowest BCUT2D eigenvalue weighted by Gasteiger charge is -2.34. The smallest absolute Gasteiger partial charge is 0.410 e. The van der Waals surface area contributed by atoms with Gasteiger partial charge in [0.1, 0.15) is 11.4 Å². The fourth-order valence-electron chi connectivity index (χ4n) is 4.28. The van der Waals surface area contributed by atoms with Crippen LogP contribution in [0.4, 0.5) is 16.3 Å². The minimum absolute atomic E-state index is 0.209. The van der Waals surface area contributed by atoms with Gasteiger partial charge in [0, 0.05) is 49.3 Å². The Morgan fingerprint density at radius 3 is 2.51 bits per heavy atom. The third-order valence-electron chi connectivity index (χ3n) is 5.88. The van der Waals surface area contributed by atoms with Crippen molar-refractivity contribution in [3.63, 3.8) is 0 Å². The Balaban J connectivity index is 1.56. The SMILES string of the molecule is CN(C)c1nc(=O)n(-c2cccc(NC3CCN(C(=O)OC(C)(C)C)CC3)c2)c2cc(Cl)ccc12. The van der Waals surface area contributed by atoms with Gasteiger partial charge >= 0.3 is 11.8 Å². The van der Waals surface area contributed by atoms with Crippen molar-refractivity contribution in [2.24, 2.45) is 0 Å². The van der Waals surface area contributed by atoms with Gasteiger partial charge in [0.25, 0.3) is 0 Å². The average molecular weight is 498 g/mol. The summed E-state index contributed by atoms with van der Waals surface area (Å²) in [7, 11) is 3.72. The molecule has 4 rings (SSSR count). The summed E-state index contributed by atoms with van der Waals surface area (Å²) in [5.41, 5.74) is 1.43. The number of hydrogen-bond acceptors (Lipinski definition) is 6. The maximum atomic E-state index is 13.1. The molecule has 0 aliphatic carbocycles. The number of ether oxygens (including phenoxy) is 1. The molecule has 0 spiro atoms. The van der Waals surface area contributed by atoms with E-state index in [4.69, 9.17) is 16.3 Å². The van der Waals surface area contributed by atoms with Crippen LogP contribution in [0.2, 0.25) is 5.02 Å². The molecule has 35 heavy (non-hydrogen) atoms. The minimum atomic E-state index is -0.501. The number of nitrogens with one attached hydrogen (secondary N) is 1. The Morgan fingerprint density at radius 2 is 1.86 bits per heavy atom. The van der Waals surface area contributed by atoms with Crippen LogP contribution in [0.25, 0.3) is 16.6 Å². The van der Waals surface area contributed by atoms with Crippen molar-refractivity contribution in [3.05, 3.63) is 58.0 Å². The monoisotopic (exact) mass is 497 g/mol. The van der Waals surface area contributed by atoms with E-state index in [0.717, 1.165) is 23.9 Å². The van der Waals surface area contributed by atoms with Crippen molar-refractivity contribution in [2.45, 2.75) is 45.3 Å². The number of halogens is 1. The van der Waals surface area contributed by atoms with Crippen molar-refractivity contribution < 1.29 is 9.53 Å². The second-order valence-electron chi connectivity index (χ2n) is 10.0. The summed E-state index contributed by atoms with van der Waals surface area (Å²) < 4.78 is 7.08. The van der Waals surface area contributed by atoms with Crippen LogP contribution in [-0.2, 0) is 4.74 Å². The van der Waals surface area contributed by atoms with E-state index >= 15 is 0 Å². The second kappa shape index (κ2) is 9.77. The highest BCUT2D eigenvalue weighted by Crippen LogP contribution is 2.28. The molecular formula is C26H32ClN5O3. The minimum Gasteiger partial charge on any atom is -0.444 e. The topological polar surface area (TPSA) is 79.7 Å². The van der Waals surface area contributed by atoms with Crippen molar-refractivity contribution in [2.75, 3.05) is 37.4 Å². The van der Waals surface area contributed by atoms with Gasteiger partial charge in [-0.15, -0.1) is 0 Å². The van der Waals surface area contributed by atoms with Crippen LogP contribution in [0.3, 0.4) is 0 Å². The van der Waals surface area contributed by atoms with Crippen molar-refractivity contribution in [3.8, 4) is 5.69 Å². The highest BCUT2D eigenvalue weighted by atomic mass is 35.5. The Labute approximate surface area is 210 Å². The van der Waals surface area contributed by atoms with Crippen molar-refractivity contribution in [1.29, 1.82) is 0 Å². The van der Waals surface area contributed by atoms with Crippen LogP contribution in [0, 0.1) is 0 Å². The maximum Gasteiger partial charge on any atom is 0.410 e. The number of nitrogens with zero attached hydrogens (tertiary/aromatic N) is 4. The number of rotatable bonds is 4. The van der Waals surface area contributed by atoms with E-state index in [1.165, 1.54) is 0 Å². The lowest BCUT2D eigenvalue weighted by Crippen LogP contribution is -2.44. The van der Waals surface area contributed by atoms with Crippen molar-refractivity contribution in [1.82, 2.24) is 14.5 Å². The van der Waals surface area contributed by atoms with E-state index in [0.29, 0.717) is 35.1 Å². The molecule has 0 unspecified atom stereocenters. The molecule has 3 aromatic rings. The summed E-state index contributed by atoms with van der Waals surface area (Å²) in [4.78, 5) is 33.3. The van der Waals surface area contributed by atoms with E-state index in [9.17, 15) is 9.59 Å². The van der Waals surface area contributed by atoms with Gasteiger partial charge in [0.15, 0.2) is 0 Å². The van der Waals surface area contributed by atoms with Crippen LogP contribution in [-0.4, -0.2) is 59.4 Å². The molecule has 1 aliphatic rings. The molecule has 1 fully saturated rings. The number of benzene rings is 2. The van der Waals surface area contributed by atoms with E-state index in [1.807, 2.05) is 70.1 Å². The first-order chi connectivity index (χ1) is 16.5. The number of hydrogen-bond donors (Lipinski definition) is 1. The Morgan fingerprint density at radius 1 is 1.14 bits per heavy atom. The summed E-state index contributed by atoms with van der Waals surface area (Å²) in [6.45, 7) is 6.88. The van der Waals surface area contributed by atoms with Gasteiger partial charge in [-0.05, 0) is 70.0 Å². The van der Waals surface area contributed by atoms with Gasteiger partial charge in [-0.25, -0.2) is 9.59 Å². The Kier molecular flexibility index (Phi) is 6.94. The third kappa shape index (κ3) is 5.70. The molecule has 1 saturated heterocycles. The quantitative estimate of drug-likeness (QED) is 0.551. The molecule has 0 bridgehead atoms. The summed E-state index contributed by atoms with van der Waals surface area (Å²) in [6.07, 6.45) is 1.35. The van der Waals surface area contributed by atoms with Gasteiger partial charge in [-0.1, -0.05) is 17.7 Å². The predicted molar refractivity (Wildman–Crippen MR) is 141 cm³/mol. The van der Waals surface area contributed by atoms with E-state index < -0.39 is 5.60 Å². The number of carbonyl (C=O) groups is 1. The molecule has 0 atom stereocenters. The standard InChI is InChI=1S/C26H32ClN5O3/c1-26(2,3)35-25(34)31-13-11-18(12-14-31)28-19-7-6-8-20(16-19)32-22-15-17(27)9-10-21(22)23(30(4)5)29-24(32)33/h6-10,15-16,18,28H,11-14H2,1-5H3. The van der Waals surface area contributed by atoms with Crippen LogP contribution in [0.1, 0.15) is 33.6 Å². The van der Waals surface area contributed by atoms with Crippen LogP contribution < -0.4 is 15.9 Å². The highest BCUT2D eigenvalue weighted by molar-refractivity contribution is 6.31. The molecule has 1 aliphatic heterocycles. The van der Waals surface area contributed by atoms with Gasteiger partial charge in [-0.2, -0.15) is 4.98 Å². The lowest BCUT2D eigenvalue weighted by molar-refractivity contribution is 0.0210. The van der Waals surface area contributed by atoms with Crippen LogP contribution >= 0.6 is 11.6 Å². The van der Waals surface area contributed by atoms with Gasteiger partial charge in [0.05, 0.1) is 11.2 Å².